The molecule has 2 aliphatic carbocycles. The summed E-state index contributed by atoms with van der Waals surface area (Å²) < 4.78 is 2.56. The first-order valence-corrected chi connectivity index (χ1v) is 21.7. The Hall–Kier alpha value is -7.00. The highest BCUT2D eigenvalue weighted by atomic mass is 32.1. The molecule has 0 amide bonds. The lowest BCUT2D eigenvalue weighted by molar-refractivity contribution is 0.660. The Labute approximate surface area is 355 Å². The number of thiophene rings is 1. The summed E-state index contributed by atoms with van der Waals surface area (Å²) in [6, 6.07) is 79.1. The quantitative estimate of drug-likeness (QED) is 0.162. The van der Waals surface area contributed by atoms with Gasteiger partial charge in [-0.25, -0.2) is 0 Å². The van der Waals surface area contributed by atoms with E-state index in [1.54, 1.807) is 0 Å². The number of fused-ring (bicyclic) bond motifs is 9. The first kappa shape index (κ1) is 35.0. The van der Waals surface area contributed by atoms with E-state index in [-0.39, 0.29) is 5.41 Å². The summed E-state index contributed by atoms with van der Waals surface area (Å²) in [6.07, 6.45) is 0. The molecule has 1 heterocycles. The zero-order valence-electron chi connectivity index (χ0n) is 33.6. The maximum Gasteiger partial charge on any atom is 0.0720 e. The number of benzene rings is 9. The molecule has 284 valence electrons. The molecule has 0 atom stereocenters. The maximum atomic E-state index is 2.50. The molecule has 0 saturated carbocycles. The molecular weight excluding hydrogens is 743 g/mol. The lowest BCUT2D eigenvalue weighted by atomic mass is 9.66. The van der Waals surface area contributed by atoms with Gasteiger partial charge in [0.2, 0.25) is 0 Å². The Morgan fingerprint density at radius 1 is 0.400 bits per heavy atom. The molecule has 0 fully saturated rings. The molecule has 0 aliphatic heterocycles. The van der Waals surface area contributed by atoms with E-state index < -0.39 is 5.41 Å². The van der Waals surface area contributed by atoms with Crippen molar-refractivity contribution in [1.29, 1.82) is 0 Å². The maximum absolute atomic E-state index is 2.50. The fourth-order valence-corrected chi connectivity index (χ4v) is 11.9. The van der Waals surface area contributed by atoms with Gasteiger partial charge in [-0.1, -0.05) is 190 Å². The van der Waals surface area contributed by atoms with Crippen LogP contribution in [0.4, 0.5) is 17.1 Å². The third-order valence-corrected chi connectivity index (χ3v) is 14.6. The first-order chi connectivity index (χ1) is 29.5. The monoisotopic (exact) mass is 783 g/mol. The molecule has 0 saturated heterocycles. The molecule has 0 spiro atoms. The molecule has 0 radical (unpaired) electrons. The summed E-state index contributed by atoms with van der Waals surface area (Å²) >= 11 is 1.91. The molecule has 2 aliphatic rings. The minimum Gasteiger partial charge on any atom is -0.309 e. The van der Waals surface area contributed by atoms with Crippen molar-refractivity contribution in [3.05, 3.63) is 246 Å². The van der Waals surface area contributed by atoms with Gasteiger partial charge in [0.1, 0.15) is 0 Å². The van der Waals surface area contributed by atoms with Gasteiger partial charge in [0.25, 0.3) is 0 Å². The first-order valence-electron chi connectivity index (χ1n) is 20.9. The number of nitrogens with zero attached hydrogens (tertiary/aromatic N) is 1. The molecule has 60 heavy (non-hydrogen) atoms. The Morgan fingerprint density at radius 3 is 1.63 bits per heavy atom. The van der Waals surface area contributed by atoms with Crippen molar-refractivity contribution in [3.8, 4) is 33.4 Å². The Morgan fingerprint density at radius 2 is 0.933 bits per heavy atom. The third-order valence-electron chi connectivity index (χ3n) is 13.4. The van der Waals surface area contributed by atoms with Gasteiger partial charge < -0.3 is 4.90 Å². The van der Waals surface area contributed by atoms with Crippen LogP contribution in [0.3, 0.4) is 0 Å². The van der Waals surface area contributed by atoms with E-state index in [0.29, 0.717) is 0 Å². The van der Waals surface area contributed by atoms with E-state index in [9.17, 15) is 0 Å². The molecular formula is C58H41NS. The van der Waals surface area contributed by atoms with Crippen molar-refractivity contribution < 1.29 is 0 Å². The smallest absolute Gasteiger partial charge is 0.0720 e. The van der Waals surface area contributed by atoms with Crippen LogP contribution in [0.25, 0.3) is 53.6 Å². The topological polar surface area (TPSA) is 3.24 Å². The van der Waals surface area contributed by atoms with Gasteiger partial charge in [0.15, 0.2) is 0 Å². The summed E-state index contributed by atoms with van der Waals surface area (Å²) in [7, 11) is 0. The van der Waals surface area contributed by atoms with E-state index in [4.69, 9.17) is 0 Å². The van der Waals surface area contributed by atoms with E-state index >= 15 is 0 Å². The van der Waals surface area contributed by atoms with Crippen LogP contribution in [0.1, 0.15) is 47.2 Å². The van der Waals surface area contributed by atoms with Crippen LogP contribution in [0.2, 0.25) is 0 Å². The highest BCUT2D eigenvalue weighted by molar-refractivity contribution is 7.26. The minimum atomic E-state index is -0.495. The van der Waals surface area contributed by atoms with E-state index in [1.807, 2.05) is 11.3 Å². The molecule has 0 N–H and O–H groups in total. The second-order valence-corrected chi connectivity index (χ2v) is 17.8. The SMILES string of the molecule is CC1(C)c2ccccc2-c2ccc(N(c3ccc(-c4ccccc4)cc3)c3cccc4c3sc3cccc(C5(c6ccccc6)c6ccccc6-c6ccccc65)c34)cc21. The van der Waals surface area contributed by atoms with Crippen molar-refractivity contribution >= 4 is 48.6 Å². The molecule has 1 aromatic heterocycles. The highest BCUT2D eigenvalue weighted by Crippen LogP contribution is 2.59. The fraction of sp³-hybridized carbons (Fsp3) is 0.0690. The lowest BCUT2D eigenvalue weighted by Crippen LogP contribution is -2.28. The standard InChI is InChI=1S/C58H41NS/c1-57(2)48-25-12-9-21-43(48)46-36-35-42(37-52(46)57)59(41-33-31-39(32-34-41)38-17-5-3-6-18-38)53-29-15-24-47-55-51(28-16-30-54(55)60-56(47)53)58(40-19-7-4-8-20-40)49-26-13-10-22-44(49)45-23-11-14-27-50(45)58/h3-37H,1-2H3. The van der Waals surface area contributed by atoms with Gasteiger partial charge in [0, 0.05) is 32.3 Å². The number of hydrogen-bond acceptors (Lipinski definition) is 2. The van der Waals surface area contributed by atoms with Crippen molar-refractivity contribution in [1.82, 2.24) is 0 Å². The van der Waals surface area contributed by atoms with Crippen molar-refractivity contribution in [2.75, 3.05) is 4.90 Å². The Balaban J connectivity index is 1.12. The lowest BCUT2D eigenvalue weighted by Gasteiger charge is -2.34. The molecule has 0 unspecified atom stereocenters. The van der Waals surface area contributed by atoms with Gasteiger partial charge in [-0.3, -0.25) is 0 Å². The molecule has 10 aromatic rings. The van der Waals surface area contributed by atoms with Crippen LogP contribution in [0.15, 0.2) is 212 Å². The molecule has 0 bridgehead atoms. The predicted molar refractivity (Wildman–Crippen MR) is 254 cm³/mol. The van der Waals surface area contributed by atoms with E-state index in [1.165, 1.54) is 92.6 Å². The van der Waals surface area contributed by atoms with Crippen LogP contribution in [-0.4, -0.2) is 0 Å². The minimum absolute atomic E-state index is 0.122. The van der Waals surface area contributed by atoms with Gasteiger partial charge in [-0.15, -0.1) is 11.3 Å². The number of anilines is 3. The summed E-state index contributed by atoms with van der Waals surface area (Å²) in [5.41, 5.74) is 18.6. The van der Waals surface area contributed by atoms with Crippen molar-refractivity contribution in [3.63, 3.8) is 0 Å². The van der Waals surface area contributed by atoms with Crippen LogP contribution in [-0.2, 0) is 10.8 Å². The Bertz CT molecular complexity index is 3240. The summed E-state index contributed by atoms with van der Waals surface area (Å²) in [4.78, 5) is 2.50. The summed E-state index contributed by atoms with van der Waals surface area (Å²) in [6.45, 7) is 4.74. The average Bonchev–Trinajstić information content (AvgIpc) is 3.92. The highest BCUT2D eigenvalue weighted by Gasteiger charge is 2.47. The molecule has 9 aromatic carbocycles. The predicted octanol–water partition coefficient (Wildman–Crippen LogP) is 15.9. The number of hydrogen-bond donors (Lipinski definition) is 0. The van der Waals surface area contributed by atoms with Crippen LogP contribution in [0, 0.1) is 0 Å². The van der Waals surface area contributed by atoms with E-state index in [2.05, 4.69) is 231 Å². The summed E-state index contributed by atoms with van der Waals surface area (Å²) in [5.74, 6) is 0. The zero-order chi connectivity index (χ0) is 40.0. The van der Waals surface area contributed by atoms with Crippen molar-refractivity contribution in [2.45, 2.75) is 24.7 Å². The molecule has 2 heteroatoms. The van der Waals surface area contributed by atoms with Crippen molar-refractivity contribution in [2.24, 2.45) is 0 Å². The van der Waals surface area contributed by atoms with Gasteiger partial charge >= 0.3 is 0 Å². The molecule has 1 nitrogen and oxygen atoms in total. The Kier molecular flexibility index (Phi) is 7.73. The largest absolute Gasteiger partial charge is 0.309 e. The number of rotatable bonds is 6. The second-order valence-electron chi connectivity index (χ2n) is 16.8. The van der Waals surface area contributed by atoms with Crippen LogP contribution < -0.4 is 4.90 Å². The normalized spacial score (nSPS) is 14.1. The van der Waals surface area contributed by atoms with Crippen LogP contribution in [0.5, 0.6) is 0 Å². The van der Waals surface area contributed by atoms with Crippen LogP contribution >= 0.6 is 11.3 Å². The molecule has 12 rings (SSSR count). The zero-order valence-corrected chi connectivity index (χ0v) is 34.4. The third kappa shape index (κ3) is 4.92. The van der Waals surface area contributed by atoms with Gasteiger partial charge in [-0.05, 0) is 103 Å². The average molecular weight is 784 g/mol. The van der Waals surface area contributed by atoms with E-state index in [0.717, 1.165) is 11.4 Å². The fourth-order valence-electron chi connectivity index (χ4n) is 10.7. The summed E-state index contributed by atoms with van der Waals surface area (Å²) in [5, 5.41) is 2.60. The second kappa shape index (κ2) is 13.3. The van der Waals surface area contributed by atoms with Gasteiger partial charge in [0.05, 0.1) is 15.8 Å². The van der Waals surface area contributed by atoms with Gasteiger partial charge in [-0.2, -0.15) is 0 Å².